The average Bonchev–Trinajstić information content (AvgIpc) is 3.61. The second-order valence-electron chi connectivity index (χ2n) is 7.49. The molecule has 0 radical (unpaired) electrons. The van der Waals surface area contributed by atoms with Gasteiger partial charge in [-0.3, -0.25) is 0 Å². The number of hydrogen-bond donors (Lipinski definition) is 1. The van der Waals surface area contributed by atoms with Crippen molar-refractivity contribution in [2.45, 2.75) is 6.04 Å². The number of fused-ring (bicyclic) bond motifs is 2. The first-order chi connectivity index (χ1) is 15.3. The zero-order chi connectivity index (χ0) is 21.0. The third-order valence-corrected chi connectivity index (χ3v) is 5.60. The van der Waals surface area contributed by atoms with Crippen LogP contribution in [-0.2, 0) is 17.1 Å². The van der Waals surface area contributed by atoms with Gasteiger partial charge in [-0.25, -0.2) is 12.1 Å². The summed E-state index contributed by atoms with van der Waals surface area (Å²) < 4.78 is 0. The van der Waals surface area contributed by atoms with Crippen molar-refractivity contribution in [1.29, 1.82) is 0 Å². The van der Waals surface area contributed by atoms with Gasteiger partial charge in [-0.05, 0) is 34.7 Å². The van der Waals surface area contributed by atoms with Gasteiger partial charge in [0.25, 0.3) is 0 Å². The van der Waals surface area contributed by atoms with E-state index in [9.17, 15) is 5.11 Å². The van der Waals surface area contributed by atoms with Crippen molar-refractivity contribution in [3.63, 3.8) is 0 Å². The number of rotatable bonds is 2. The minimum Gasteiger partial charge on any atom is -0.860 e. The molecule has 1 atom stereocenters. The largest absolute Gasteiger partial charge is 2.00 e. The molecule has 6 rings (SSSR count). The number of aromatic amines is 1. The van der Waals surface area contributed by atoms with Crippen molar-refractivity contribution in [3.05, 3.63) is 144 Å². The van der Waals surface area contributed by atoms with E-state index in [0.717, 1.165) is 27.6 Å². The van der Waals surface area contributed by atoms with Gasteiger partial charge in [0, 0.05) is 28.9 Å². The molecule has 1 aliphatic carbocycles. The Morgan fingerprint density at radius 2 is 1.56 bits per heavy atom. The van der Waals surface area contributed by atoms with E-state index in [0.29, 0.717) is 5.57 Å². The fourth-order valence-electron chi connectivity index (χ4n) is 4.12. The Kier molecular flexibility index (Phi) is 6.55. The summed E-state index contributed by atoms with van der Waals surface area (Å²) in [5.41, 5.74) is 5.18. The van der Waals surface area contributed by atoms with E-state index in [4.69, 9.17) is 0 Å². The Labute approximate surface area is 198 Å². The third-order valence-electron chi connectivity index (χ3n) is 5.60. The van der Waals surface area contributed by atoms with Gasteiger partial charge in [0.1, 0.15) is 0 Å². The number of allylic oxidation sites excluding steroid dienone is 5. The molecule has 4 heteroatoms. The Balaban J connectivity index is 0.000000363. The van der Waals surface area contributed by atoms with Gasteiger partial charge in [0.2, 0.25) is 0 Å². The number of benzene rings is 2. The van der Waals surface area contributed by atoms with Crippen LogP contribution in [0.5, 0.6) is 0 Å². The Hall–Kier alpha value is -3.59. The van der Waals surface area contributed by atoms with Gasteiger partial charge >= 0.3 is 17.1 Å². The van der Waals surface area contributed by atoms with Gasteiger partial charge in [-0.15, -0.1) is 0 Å². The second-order valence-corrected chi connectivity index (χ2v) is 7.49. The maximum absolute atomic E-state index is 13.2. The summed E-state index contributed by atoms with van der Waals surface area (Å²) in [4.78, 5) is 5.19. The standard InChI is InChI=1S/C23H18N2O.C5H5.Fe/c26-23(17-8-1-2-9-17)25-14-13-16-7-3-4-10-18(16)22(25)20-15-24-21-12-6-5-11-19(20)21;1-2-4-5-3-1;/h1-15,22,24,26H;1-5H;/q;-1;+2/p-1. The molecule has 0 fully saturated rings. The first kappa shape index (κ1) is 21.6. The first-order valence-corrected chi connectivity index (χ1v) is 10.4. The maximum Gasteiger partial charge on any atom is 2.00 e. The molecule has 0 saturated carbocycles. The van der Waals surface area contributed by atoms with Crippen LogP contribution in [0, 0.1) is 0 Å². The van der Waals surface area contributed by atoms with Crippen LogP contribution < -0.4 is 5.11 Å². The van der Waals surface area contributed by atoms with Crippen molar-refractivity contribution in [2.24, 2.45) is 0 Å². The molecule has 1 unspecified atom stereocenters. The normalized spacial score (nSPS) is 15.8. The van der Waals surface area contributed by atoms with E-state index in [-0.39, 0.29) is 29.0 Å². The van der Waals surface area contributed by atoms with Gasteiger partial charge in [0.15, 0.2) is 0 Å². The molecule has 2 heterocycles. The van der Waals surface area contributed by atoms with Gasteiger partial charge in [-0.1, -0.05) is 66.8 Å². The van der Waals surface area contributed by atoms with Crippen LogP contribution in [0.2, 0.25) is 0 Å². The summed E-state index contributed by atoms with van der Waals surface area (Å²) in [5, 5.41) is 14.3. The van der Waals surface area contributed by atoms with Gasteiger partial charge in [0.05, 0.1) is 6.04 Å². The van der Waals surface area contributed by atoms with Gasteiger partial charge < -0.3 is 15.0 Å². The zero-order valence-electron chi connectivity index (χ0n) is 17.3. The molecular weight excluding hydrogens is 436 g/mol. The Bertz CT molecular complexity index is 1280. The summed E-state index contributed by atoms with van der Waals surface area (Å²) >= 11 is 0. The van der Waals surface area contributed by atoms with E-state index in [1.807, 2.05) is 102 Å². The number of hydrogen-bond acceptors (Lipinski definition) is 2. The Morgan fingerprint density at radius 1 is 0.844 bits per heavy atom. The molecule has 0 saturated heterocycles. The molecule has 4 aromatic rings. The molecule has 1 N–H and O–H groups in total. The molecule has 32 heavy (non-hydrogen) atoms. The molecule has 2 aliphatic rings. The molecule has 3 aromatic carbocycles. The van der Waals surface area contributed by atoms with Crippen LogP contribution >= 0.6 is 0 Å². The summed E-state index contributed by atoms with van der Waals surface area (Å²) in [7, 11) is 0. The van der Waals surface area contributed by atoms with Gasteiger partial charge in [-0.2, -0.15) is 18.2 Å². The molecule has 1 aliphatic heterocycles. The summed E-state index contributed by atoms with van der Waals surface area (Å²) in [6.45, 7) is 0. The maximum atomic E-state index is 13.2. The SMILES string of the molecule is [Fe+2].[O-]C(=C1C=CC=C1)N1C=Cc2ccccc2C1c1c[nH]c2ccccc12.c1cc[cH-]c1. The molecule has 0 spiro atoms. The number of nitrogens with zero attached hydrogens (tertiary/aromatic N) is 1. The number of nitrogens with one attached hydrogen (secondary N) is 1. The second kappa shape index (κ2) is 9.69. The summed E-state index contributed by atoms with van der Waals surface area (Å²) in [6, 6.07) is 26.3. The number of H-pyrrole nitrogens is 1. The van der Waals surface area contributed by atoms with Crippen LogP contribution in [0.1, 0.15) is 22.7 Å². The molecule has 158 valence electrons. The minimum atomic E-state index is -0.158. The van der Waals surface area contributed by atoms with E-state index in [1.165, 1.54) is 0 Å². The molecule has 0 bridgehead atoms. The smallest absolute Gasteiger partial charge is 0.860 e. The van der Waals surface area contributed by atoms with Crippen LogP contribution in [0.15, 0.2) is 127 Å². The summed E-state index contributed by atoms with van der Waals surface area (Å²) in [5.74, 6) is 0.0102. The van der Waals surface area contributed by atoms with Crippen LogP contribution in [-0.4, -0.2) is 9.88 Å². The van der Waals surface area contributed by atoms with E-state index in [1.54, 1.807) is 0 Å². The quantitative estimate of drug-likeness (QED) is 0.240. The van der Waals surface area contributed by atoms with Crippen LogP contribution in [0.4, 0.5) is 0 Å². The molecule has 1 aromatic heterocycles. The van der Waals surface area contributed by atoms with Crippen molar-refractivity contribution < 1.29 is 22.2 Å². The Morgan fingerprint density at radius 3 is 2.31 bits per heavy atom. The zero-order valence-corrected chi connectivity index (χ0v) is 18.4. The fourth-order valence-corrected chi connectivity index (χ4v) is 4.12. The minimum absolute atomic E-state index is 0. The molecule has 0 amide bonds. The van der Waals surface area contributed by atoms with E-state index < -0.39 is 0 Å². The molecular formula is C28H22FeN2O. The van der Waals surface area contributed by atoms with Crippen molar-refractivity contribution in [2.75, 3.05) is 0 Å². The number of para-hydroxylation sites is 1. The number of aromatic nitrogens is 1. The fraction of sp³-hybridized carbons (Fsp3) is 0.0357. The van der Waals surface area contributed by atoms with Crippen molar-refractivity contribution in [3.8, 4) is 0 Å². The first-order valence-electron chi connectivity index (χ1n) is 10.4. The van der Waals surface area contributed by atoms with E-state index >= 15 is 0 Å². The topological polar surface area (TPSA) is 42.1 Å². The monoisotopic (exact) mass is 458 g/mol. The van der Waals surface area contributed by atoms with E-state index in [2.05, 4.69) is 29.2 Å². The van der Waals surface area contributed by atoms with Crippen LogP contribution in [0.3, 0.4) is 0 Å². The molecule has 3 nitrogen and oxygen atoms in total. The van der Waals surface area contributed by atoms with Crippen LogP contribution in [0.25, 0.3) is 17.0 Å². The van der Waals surface area contributed by atoms with Crippen molar-refractivity contribution >= 4 is 17.0 Å². The predicted octanol–water partition coefficient (Wildman–Crippen LogP) is 5.64. The van der Waals surface area contributed by atoms with Crippen molar-refractivity contribution in [1.82, 2.24) is 9.88 Å². The predicted molar refractivity (Wildman–Crippen MR) is 125 cm³/mol. The summed E-state index contributed by atoms with van der Waals surface area (Å²) in [6.07, 6.45) is 13.5. The average molecular weight is 458 g/mol. The third kappa shape index (κ3) is 4.11.